The fourth-order valence-corrected chi connectivity index (χ4v) is 2.52. The highest BCUT2D eigenvalue weighted by Gasteiger charge is 2.37. The molecule has 7 N–H and O–H groups in total. The number of carbonyl (C=O) groups is 2. The van der Waals surface area contributed by atoms with Crippen molar-refractivity contribution in [1.29, 1.82) is 0 Å². The number of esters is 1. The van der Waals surface area contributed by atoms with Crippen molar-refractivity contribution >= 4 is 11.9 Å². The number of hydrogen-bond acceptors (Lipinski definition) is 12. The van der Waals surface area contributed by atoms with Crippen LogP contribution in [-0.2, 0) is 28.8 Å². The molecule has 0 saturated heterocycles. The zero-order valence-corrected chi connectivity index (χ0v) is 24.3. The molecule has 0 aromatic heterocycles. The molecule has 0 rings (SSSR count). The van der Waals surface area contributed by atoms with Crippen molar-refractivity contribution < 1.29 is 64.6 Å². The summed E-state index contributed by atoms with van der Waals surface area (Å²) in [6, 6.07) is 0. The zero-order chi connectivity index (χ0) is 31.5. The lowest BCUT2D eigenvalue weighted by molar-refractivity contribution is -0.287. The summed E-state index contributed by atoms with van der Waals surface area (Å²) in [5.74, 6) is -1.75. The number of carboxylic acids is 1. The molecule has 0 saturated carbocycles. The second kappa shape index (κ2) is 26.0. The fourth-order valence-electron chi connectivity index (χ4n) is 2.52. The number of aliphatic hydroxyl groups is 6. The Morgan fingerprint density at radius 2 is 1.20 bits per heavy atom. The molecule has 40 heavy (non-hydrogen) atoms. The van der Waals surface area contributed by atoms with Gasteiger partial charge in [0.05, 0.1) is 66.1 Å². The van der Waals surface area contributed by atoms with Gasteiger partial charge in [-0.1, -0.05) is 32.9 Å². The van der Waals surface area contributed by atoms with Gasteiger partial charge in [-0.2, -0.15) is 0 Å². The predicted octanol–water partition coefficient (Wildman–Crippen LogP) is 0.457. The molecule has 0 atom stereocenters. The molecular formula is C27H52O13. The maximum atomic E-state index is 11.7. The standard InChI is InChI=1S/C12H22O6.C9H18O3.C6H12O4/c1-3-6-17-18-8-5-7-16-11(15)12(4-2,9-13)10-14;1-3-5-12-8-9(4-2,6-10)7-11;1-2-6(3-7,4-8)5(9)10/h3,13-14H,1,4-10H2,2H3;3,10-11H,1,4-8H2,2H3;7-8H,2-4H2,1H3,(H,9,10). The van der Waals surface area contributed by atoms with Crippen molar-refractivity contribution in [2.45, 2.75) is 46.5 Å². The van der Waals surface area contributed by atoms with Crippen LogP contribution in [0, 0.1) is 16.2 Å². The van der Waals surface area contributed by atoms with E-state index in [1.807, 2.05) is 6.92 Å². The van der Waals surface area contributed by atoms with Crippen LogP contribution in [0.1, 0.15) is 46.5 Å². The Morgan fingerprint density at radius 1 is 0.700 bits per heavy atom. The summed E-state index contributed by atoms with van der Waals surface area (Å²) in [5, 5.41) is 62.0. The topological polar surface area (TPSA) is 213 Å². The first-order valence-corrected chi connectivity index (χ1v) is 13.1. The van der Waals surface area contributed by atoms with Gasteiger partial charge in [-0.05, 0) is 19.3 Å². The first-order valence-electron chi connectivity index (χ1n) is 13.1. The molecule has 13 heteroatoms. The Morgan fingerprint density at radius 3 is 1.52 bits per heavy atom. The van der Waals surface area contributed by atoms with Gasteiger partial charge in [0.25, 0.3) is 0 Å². The minimum atomic E-state index is -1.35. The van der Waals surface area contributed by atoms with Gasteiger partial charge < -0.3 is 45.2 Å². The van der Waals surface area contributed by atoms with E-state index in [2.05, 4.69) is 18.0 Å². The third-order valence-corrected chi connectivity index (χ3v) is 6.39. The van der Waals surface area contributed by atoms with Crippen molar-refractivity contribution in [1.82, 2.24) is 0 Å². The van der Waals surface area contributed by atoms with Gasteiger partial charge in [0, 0.05) is 11.8 Å². The van der Waals surface area contributed by atoms with Crippen molar-refractivity contribution in [3.05, 3.63) is 25.3 Å². The first-order chi connectivity index (χ1) is 19.0. The number of aliphatic carboxylic acids is 1. The van der Waals surface area contributed by atoms with Crippen LogP contribution in [0.3, 0.4) is 0 Å². The number of ether oxygens (including phenoxy) is 2. The minimum absolute atomic E-state index is 0.0445. The molecule has 0 aliphatic heterocycles. The number of carbonyl (C=O) groups excluding carboxylic acids is 1. The highest BCUT2D eigenvalue weighted by Crippen LogP contribution is 2.23. The molecule has 0 fully saturated rings. The van der Waals surface area contributed by atoms with Gasteiger partial charge in [-0.15, -0.1) is 13.2 Å². The molecule has 238 valence electrons. The van der Waals surface area contributed by atoms with Crippen molar-refractivity contribution in [2.24, 2.45) is 16.2 Å². The Balaban J connectivity index is -0.000000542. The first kappa shape index (κ1) is 42.5. The smallest absolute Gasteiger partial charge is 0.316 e. The molecule has 0 aromatic rings. The van der Waals surface area contributed by atoms with Crippen LogP contribution < -0.4 is 0 Å². The van der Waals surface area contributed by atoms with Gasteiger partial charge >= 0.3 is 11.9 Å². The van der Waals surface area contributed by atoms with E-state index in [1.165, 1.54) is 0 Å². The molecule has 0 aromatic carbocycles. The average Bonchev–Trinajstić information content (AvgIpc) is 2.98. The average molecular weight is 585 g/mol. The molecule has 0 aliphatic carbocycles. The third kappa shape index (κ3) is 16.4. The van der Waals surface area contributed by atoms with Crippen LogP contribution in [0.25, 0.3) is 0 Å². The predicted molar refractivity (Wildman–Crippen MR) is 147 cm³/mol. The molecule has 0 radical (unpaired) electrons. The molecule has 0 unspecified atom stereocenters. The Kier molecular flexibility index (Phi) is 27.6. The summed E-state index contributed by atoms with van der Waals surface area (Å²) in [7, 11) is 0. The summed E-state index contributed by atoms with van der Waals surface area (Å²) in [5.41, 5.74) is -3.04. The Labute approximate surface area is 237 Å². The van der Waals surface area contributed by atoms with Crippen LogP contribution in [0.5, 0.6) is 0 Å². The van der Waals surface area contributed by atoms with Crippen molar-refractivity contribution in [3.8, 4) is 0 Å². The van der Waals surface area contributed by atoms with E-state index < -0.39 is 54.6 Å². The second-order valence-electron chi connectivity index (χ2n) is 9.06. The van der Waals surface area contributed by atoms with E-state index in [4.69, 9.17) is 50.1 Å². The van der Waals surface area contributed by atoms with Crippen LogP contribution in [0.4, 0.5) is 0 Å². The summed E-state index contributed by atoms with van der Waals surface area (Å²) in [6.07, 6.45) is 4.93. The minimum Gasteiger partial charge on any atom is -0.481 e. The van der Waals surface area contributed by atoms with Crippen LogP contribution in [0.2, 0.25) is 0 Å². The monoisotopic (exact) mass is 584 g/mol. The van der Waals surface area contributed by atoms with Crippen molar-refractivity contribution in [3.63, 3.8) is 0 Å². The highest BCUT2D eigenvalue weighted by atomic mass is 17.2. The van der Waals surface area contributed by atoms with Gasteiger partial charge in [0.15, 0.2) is 0 Å². The lowest BCUT2D eigenvalue weighted by atomic mass is 9.87. The largest absolute Gasteiger partial charge is 0.481 e. The van der Waals surface area contributed by atoms with E-state index in [0.717, 1.165) is 0 Å². The molecule has 0 heterocycles. The van der Waals surface area contributed by atoms with Crippen LogP contribution in [0.15, 0.2) is 25.3 Å². The van der Waals surface area contributed by atoms with E-state index in [-0.39, 0.29) is 26.2 Å². The fraction of sp³-hybridized carbons (Fsp3) is 0.778. The molecule has 13 nitrogen and oxygen atoms in total. The van der Waals surface area contributed by atoms with Crippen LogP contribution in [-0.4, -0.2) is 120 Å². The Hall–Kier alpha value is -1.94. The van der Waals surface area contributed by atoms with Gasteiger partial charge in [0.1, 0.15) is 17.4 Å². The summed E-state index contributed by atoms with van der Waals surface area (Å²) < 4.78 is 10.2. The number of carboxylic acid groups (broad SMARTS) is 1. The molecule has 0 aliphatic rings. The molecule has 0 amide bonds. The lowest BCUT2D eigenvalue weighted by Crippen LogP contribution is -2.39. The number of rotatable bonds is 22. The highest BCUT2D eigenvalue weighted by molar-refractivity contribution is 5.77. The maximum absolute atomic E-state index is 11.7. The Bertz CT molecular complexity index is 618. The molecular weight excluding hydrogens is 532 g/mol. The van der Waals surface area contributed by atoms with Crippen molar-refractivity contribution in [2.75, 3.05) is 72.7 Å². The molecule has 0 bridgehead atoms. The number of aliphatic hydroxyl groups excluding tert-OH is 6. The summed E-state index contributed by atoms with van der Waals surface area (Å²) in [4.78, 5) is 31.5. The summed E-state index contributed by atoms with van der Waals surface area (Å²) >= 11 is 0. The quantitative estimate of drug-likeness (QED) is 0.0303. The second-order valence-corrected chi connectivity index (χ2v) is 9.06. The number of hydrogen-bond donors (Lipinski definition) is 7. The third-order valence-electron chi connectivity index (χ3n) is 6.39. The van der Waals surface area contributed by atoms with Gasteiger partial charge in [-0.3, -0.25) is 9.59 Å². The lowest BCUT2D eigenvalue weighted by Gasteiger charge is -2.27. The summed E-state index contributed by atoms with van der Waals surface area (Å²) in [6.45, 7) is 11.8. The maximum Gasteiger partial charge on any atom is 0.316 e. The molecule has 0 spiro atoms. The van der Waals surface area contributed by atoms with E-state index >= 15 is 0 Å². The van der Waals surface area contributed by atoms with Gasteiger partial charge in [0.2, 0.25) is 0 Å². The normalized spacial score (nSPS) is 11.4. The van der Waals surface area contributed by atoms with Crippen LogP contribution >= 0.6 is 0 Å². The van der Waals surface area contributed by atoms with E-state index in [9.17, 15) is 9.59 Å². The van der Waals surface area contributed by atoms with E-state index in [0.29, 0.717) is 45.7 Å². The zero-order valence-electron chi connectivity index (χ0n) is 24.3. The van der Waals surface area contributed by atoms with Gasteiger partial charge in [-0.25, -0.2) is 9.78 Å². The SMILES string of the molecule is C=CCOCC(CC)(CO)CO.C=CCOOCCCOC(=O)C(CC)(CO)CO.CCC(CO)(CO)C(=O)O. The van der Waals surface area contributed by atoms with E-state index in [1.54, 1.807) is 26.0 Å².